The number of nitrogens with one attached hydrogen (secondary N) is 2. The predicted octanol–water partition coefficient (Wildman–Crippen LogP) is 0.679. The van der Waals surface area contributed by atoms with Crippen LogP contribution in [0.3, 0.4) is 0 Å². The third kappa shape index (κ3) is 8.49. The van der Waals surface area contributed by atoms with Crippen molar-refractivity contribution in [1.82, 2.24) is 10.6 Å². The quantitative estimate of drug-likeness (QED) is 0.720. The van der Waals surface area contributed by atoms with Crippen LogP contribution >= 0.6 is 0 Å². The van der Waals surface area contributed by atoms with E-state index in [4.69, 9.17) is 4.74 Å². The van der Waals surface area contributed by atoms with Gasteiger partial charge in [-0.05, 0) is 13.8 Å². The number of alkyl halides is 3. The number of hydrogen-bond donors (Lipinski definition) is 2. The first kappa shape index (κ1) is 15.2. The fourth-order valence-electron chi connectivity index (χ4n) is 0.811. The Morgan fingerprint density at radius 1 is 1.25 bits per heavy atom. The summed E-state index contributed by atoms with van der Waals surface area (Å²) in [6, 6.07) is 0. The Bertz CT molecular complexity index is 229. The summed E-state index contributed by atoms with van der Waals surface area (Å²) < 4.78 is 40.2. The molecule has 7 heteroatoms. The fourth-order valence-corrected chi connectivity index (χ4v) is 0.811. The number of ether oxygens (including phenoxy) is 1. The first-order valence-corrected chi connectivity index (χ1v) is 4.75. The second-order valence-corrected chi connectivity index (χ2v) is 3.96. The Morgan fingerprint density at radius 2 is 1.81 bits per heavy atom. The normalized spacial score (nSPS) is 12.6. The molecule has 0 aromatic rings. The smallest absolute Gasteiger partial charge is 0.377 e. The summed E-state index contributed by atoms with van der Waals surface area (Å²) in [6.07, 6.45) is -4.37. The van der Waals surface area contributed by atoms with E-state index in [1.54, 1.807) is 19.2 Å². The van der Waals surface area contributed by atoms with Gasteiger partial charge in [0, 0.05) is 13.7 Å². The first-order chi connectivity index (χ1) is 7.16. The van der Waals surface area contributed by atoms with Gasteiger partial charge in [-0.25, -0.2) is 0 Å². The van der Waals surface area contributed by atoms with Gasteiger partial charge >= 0.3 is 6.18 Å². The molecule has 0 heterocycles. The molecule has 1 amide bonds. The van der Waals surface area contributed by atoms with Crippen LogP contribution in [0.5, 0.6) is 0 Å². The van der Waals surface area contributed by atoms with Crippen LogP contribution in [0, 0.1) is 0 Å². The lowest BCUT2D eigenvalue weighted by molar-refractivity contribution is -0.138. The molecular formula is C9H17F3N2O2. The van der Waals surface area contributed by atoms with Gasteiger partial charge in [-0.2, -0.15) is 13.2 Å². The van der Waals surface area contributed by atoms with Gasteiger partial charge in [0.05, 0.1) is 12.1 Å². The summed E-state index contributed by atoms with van der Waals surface area (Å²) in [5, 5.41) is 4.47. The van der Waals surface area contributed by atoms with E-state index in [1.807, 2.05) is 0 Å². The first-order valence-electron chi connectivity index (χ1n) is 4.75. The Labute approximate surface area is 92.5 Å². The lowest BCUT2D eigenvalue weighted by atomic mass is 10.1. The van der Waals surface area contributed by atoms with Gasteiger partial charge in [0.1, 0.15) is 6.54 Å². The van der Waals surface area contributed by atoms with Crippen LogP contribution < -0.4 is 10.6 Å². The fraction of sp³-hybridized carbons (Fsp3) is 0.889. The van der Waals surface area contributed by atoms with E-state index < -0.39 is 24.2 Å². The van der Waals surface area contributed by atoms with Crippen LogP contribution in [0.1, 0.15) is 13.8 Å². The maximum Gasteiger partial charge on any atom is 0.405 e. The number of rotatable bonds is 6. The number of hydrogen-bond acceptors (Lipinski definition) is 3. The van der Waals surface area contributed by atoms with E-state index >= 15 is 0 Å². The maximum atomic E-state index is 11.7. The molecule has 0 aromatic carbocycles. The molecule has 0 aliphatic heterocycles. The SMILES string of the molecule is COC(C)(C)CNCC(=O)NCC(F)(F)F. The van der Waals surface area contributed by atoms with Crippen molar-refractivity contribution in [3.05, 3.63) is 0 Å². The molecule has 0 spiro atoms. The molecule has 0 fully saturated rings. The van der Waals surface area contributed by atoms with E-state index in [1.165, 1.54) is 7.11 Å². The molecule has 0 aliphatic carbocycles. The largest absolute Gasteiger partial charge is 0.405 e. The van der Waals surface area contributed by atoms with Crippen LogP contribution in [-0.4, -0.2) is 44.4 Å². The van der Waals surface area contributed by atoms with Gasteiger partial charge < -0.3 is 15.4 Å². The molecule has 0 unspecified atom stereocenters. The van der Waals surface area contributed by atoms with Gasteiger partial charge in [-0.3, -0.25) is 4.79 Å². The van der Waals surface area contributed by atoms with Gasteiger partial charge in [0.2, 0.25) is 5.91 Å². The Hall–Kier alpha value is -0.820. The van der Waals surface area contributed by atoms with Crippen molar-refractivity contribution in [1.29, 1.82) is 0 Å². The van der Waals surface area contributed by atoms with E-state index in [-0.39, 0.29) is 6.54 Å². The lowest BCUT2D eigenvalue weighted by Gasteiger charge is -2.23. The van der Waals surface area contributed by atoms with Crippen molar-refractivity contribution in [2.24, 2.45) is 0 Å². The highest BCUT2D eigenvalue weighted by Gasteiger charge is 2.27. The third-order valence-corrected chi connectivity index (χ3v) is 1.87. The molecule has 2 N–H and O–H groups in total. The van der Waals surface area contributed by atoms with Crippen molar-refractivity contribution in [3.8, 4) is 0 Å². The maximum absolute atomic E-state index is 11.7. The number of carbonyl (C=O) groups excluding carboxylic acids is 1. The van der Waals surface area contributed by atoms with Crippen LogP contribution in [0.4, 0.5) is 13.2 Å². The molecule has 0 atom stereocenters. The zero-order chi connectivity index (χ0) is 12.8. The van der Waals surface area contributed by atoms with Crippen molar-refractivity contribution in [2.75, 3.05) is 26.7 Å². The van der Waals surface area contributed by atoms with Crippen LogP contribution in [0.25, 0.3) is 0 Å². The van der Waals surface area contributed by atoms with Crippen molar-refractivity contribution < 1.29 is 22.7 Å². The summed E-state index contributed by atoms with van der Waals surface area (Å²) in [6.45, 7) is 2.51. The summed E-state index contributed by atoms with van der Waals surface area (Å²) in [7, 11) is 1.52. The highest BCUT2D eigenvalue weighted by molar-refractivity contribution is 5.78. The molecule has 4 nitrogen and oxygen atoms in total. The molecule has 0 aliphatic rings. The summed E-state index contributed by atoms with van der Waals surface area (Å²) in [5.74, 6) is -0.691. The Balaban J connectivity index is 3.67. The van der Waals surface area contributed by atoms with Gasteiger partial charge in [-0.1, -0.05) is 0 Å². The standard InChI is InChI=1S/C9H17F3N2O2/c1-8(2,16-3)5-13-4-7(15)14-6-9(10,11)12/h13H,4-6H2,1-3H3,(H,14,15). The van der Waals surface area contributed by atoms with Crippen molar-refractivity contribution >= 4 is 5.91 Å². The topological polar surface area (TPSA) is 50.4 Å². The van der Waals surface area contributed by atoms with Gasteiger partial charge in [0.25, 0.3) is 0 Å². The number of halogens is 3. The number of carbonyl (C=O) groups is 1. The second kappa shape index (κ2) is 6.05. The Morgan fingerprint density at radius 3 is 2.25 bits per heavy atom. The molecule has 0 rings (SSSR count). The molecule has 0 saturated heterocycles. The molecular weight excluding hydrogens is 225 g/mol. The lowest BCUT2D eigenvalue weighted by Crippen LogP contribution is -2.43. The van der Waals surface area contributed by atoms with Gasteiger partial charge in [-0.15, -0.1) is 0 Å². The third-order valence-electron chi connectivity index (χ3n) is 1.87. The minimum atomic E-state index is -4.37. The minimum absolute atomic E-state index is 0.164. The Kier molecular flexibility index (Phi) is 5.74. The zero-order valence-corrected chi connectivity index (χ0v) is 9.57. The molecule has 16 heavy (non-hydrogen) atoms. The highest BCUT2D eigenvalue weighted by atomic mass is 19.4. The zero-order valence-electron chi connectivity index (χ0n) is 9.57. The average Bonchev–Trinajstić information content (AvgIpc) is 2.13. The highest BCUT2D eigenvalue weighted by Crippen LogP contribution is 2.11. The van der Waals surface area contributed by atoms with Crippen LogP contribution in [0.2, 0.25) is 0 Å². The van der Waals surface area contributed by atoms with E-state index in [9.17, 15) is 18.0 Å². The van der Waals surface area contributed by atoms with E-state index in [2.05, 4.69) is 5.32 Å². The monoisotopic (exact) mass is 242 g/mol. The van der Waals surface area contributed by atoms with Crippen LogP contribution in [-0.2, 0) is 9.53 Å². The van der Waals surface area contributed by atoms with E-state index in [0.29, 0.717) is 6.54 Å². The van der Waals surface area contributed by atoms with Gasteiger partial charge in [0.15, 0.2) is 0 Å². The summed E-state index contributed by atoms with van der Waals surface area (Å²) in [4.78, 5) is 10.9. The molecule has 0 radical (unpaired) electrons. The molecule has 0 aromatic heterocycles. The van der Waals surface area contributed by atoms with Crippen molar-refractivity contribution in [3.63, 3.8) is 0 Å². The van der Waals surface area contributed by atoms with E-state index in [0.717, 1.165) is 0 Å². The minimum Gasteiger partial charge on any atom is -0.377 e. The molecule has 0 bridgehead atoms. The molecule has 96 valence electrons. The molecule has 0 saturated carbocycles. The number of amides is 1. The van der Waals surface area contributed by atoms with Crippen molar-refractivity contribution in [2.45, 2.75) is 25.6 Å². The summed E-state index contributed by atoms with van der Waals surface area (Å²) in [5.41, 5.74) is -0.454. The van der Waals surface area contributed by atoms with Crippen LogP contribution in [0.15, 0.2) is 0 Å². The number of methoxy groups -OCH3 is 1. The predicted molar refractivity (Wildman–Crippen MR) is 53.0 cm³/mol. The summed E-state index contributed by atoms with van der Waals surface area (Å²) >= 11 is 0. The average molecular weight is 242 g/mol. The second-order valence-electron chi connectivity index (χ2n) is 3.96.